The molecule has 0 radical (unpaired) electrons. The molecule has 1 aromatic rings. The smallest absolute Gasteiger partial charge is 0.251 e. The molecule has 2 rings (SSSR count). The molecule has 0 aromatic heterocycles. The Morgan fingerprint density at radius 2 is 2.32 bits per heavy atom. The fourth-order valence-electron chi connectivity index (χ4n) is 1.68. The van der Waals surface area contributed by atoms with E-state index in [0.29, 0.717) is 11.4 Å². The van der Waals surface area contributed by atoms with Crippen molar-refractivity contribution < 1.29 is 9.53 Å². The summed E-state index contributed by atoms with van der Waals surface area (Å²) in [4.78, 5) is 12.0. The summed E-state index contributed by atoms with van der Waals surface area (Å²) in [6.07, 6.45) is 0. The van der Waals surface area contributed by atoms with Crippen LogP contribution in [-0.4, -0.2) is 25.6 Å². The minimum Gasteiger partial charge on any atom is -0.479 e. The Bertz CT molecular complexity index is 552. The molecule has 5 nitrogen and oxygen atoms in total. The fourth-order valence-corrected chi connectivity index (χ4v) is 1.68. The van der Waals surface area contributed by atoms with Crippen LogP contribution in [0.5, 0.6) is 5.75 Å². The number of nitrogens with one attached hydrogen (secondary N) is 2. The van der Waals surface area contributed by atoms with Crippen molar-refractivity contribution in [2.75, 3.05) is 25.0 Å². The Morgan fingerprint density at radius 1 is 1.53 bits per heavy atom. The number of hydrogen-bond donors (Lipinski definition) is 2. The second-order valence-corrected chi connectivity index (χ2v) is 4.26. The van der Waals surface area contributed by atoms with Gasteiger partial charge in [-0.1, -0.05) is 6.07 Å². The maximum absolute atomic E-state index is 12.0. The molecular formula is C14H15N3O2. The molecule has 0 aliphatic carbocycles. The third kappa shape index (κ3) is 3.33. The van der Waals surface area contributed by atoms with Gasteiger partial charge in [-0.05, 0) is 24.6 Å². The summed E-state index contributed by atoms with van der Waals surface area (Å²) in [5.74, 6) is 0.462. The standard InChI is InChI=1S/C14H15N3O2/c1-10(11-8-16-9-11)14(18)17-12-3-2-4-13(7-12)19-6-5-15/h2-4,7,16H,6,8-9H2,1H3,(H,17,18). The average Bonchev–Trinajstić information content (AvgIpc) is 2.34. The van der Waals surface area contributed by atoms with E-state index in [1.807, 2.05) is 13.0 Å². The van der Waals surface area contributed by atoms with Crippen molar-refractivity contribution in [1.29, 1.82) is 5.26 Å². The van der Waals surface area contributed by atoms with Crippen LogP contribution in [0.2, 0.25) is 0 Å². The first-order chi connectivity index (χ1) is 9.20. The second-order valence-electron chi connectivity index (χ2n) is 4.26. The van der Waals surface area contributed by atoms with E-state index in [1.165, 1.54) is 0 Å². The molecule has 19 heavy (non-hydrogen) atoms. The van der Waals surface area contributed by atoms with Crippen molar-refractivity contribution in [1.82, 2.24) is 5.32 Å². The van der Waals surface area contributed by atoms with Gasteiger partial charge in [-0.2, -0.15) is 5.26 Å². The Balaban J connectivity index is 2.02. The summed E-state index contributed by atoms with van der Waals surface area (Å²) >= 11 is 0. The highest BCUT2D eigenvalue weighted by Gasteiger charge is 2.16. The zero-order valence-electron chi connectivity index (χ0n) is 10.7. The number of carbonyl (C=O) groups excluding carboxylic acids is 1. The Hall–Kier alpha value is -2.32. The van der Waals surface area contributed by atoms with Gasteiger partial charge in [0.05, 0.1) is 0 Å². The van der Waals surface area contributed by atoms with Gasteiger partial charge in [0, 0.05) is 30.4 Å². The second kappa shape index (κ2) is 6.03. The summed E-state index contributed by atoms with van der Waals surface area (Å²) in [6, 6.07) is 8.90. The SMILES string of the molecule is CC(C(=O)Nc1cccc(OCC#N)c1)=C1CNC1. The van der Waals surface area contributed by atoms with E-state index in [0.717, 1.165) is 24.2 Å². The summed E-state index contributed by atoms with van der Waals surface area (Å²) in [7, 11) is 0. The van der Waals surface area contributed by atoms with Gasteiger partial charge in [0.2, 0.25) is 0 Å². The quantitative estimate of drug-likeness (QED) is 0.801. The van der Waals surface area contributed by atoms with E-state index in [9.17, 15) is 4.79 Å². The number of nitrogens with zero attached hydrogens (tertiary/aromatic N) is 1. The molecule has 1 aromatic carbocycles. The molecule has 0 spiro atoms. The van der Waals surface area contributed by atoms with E-state index in [-0.39, 0.29) is 12.5 Å². The third-order valence-corrected chi connectivity index (χ3v) is 2.94. The first-order valence-corrected chi connectivity index (χ1v) is 6.01. The largest absolute Gasteiger partial charge is 0.479 e. The first-order valence-electron chi connectivity index (χ1n) is 6.01. The van der Waals surface area contributed by atoms with Crippen LogP contribution in [0.15, 0.2) is 35.4 Å². The van der Waals surface area contributed by atoms with E-state index >= 15 is 0 Å². The summed E-state index contributed by atoms with van der Waals surface area (Å²) in [5.41, 5.74) is 2.55. The zero-order valence-corrected chi connectivity index (χ0v) is 10.7. The third-order valence-electron chi connectivity index (χ3n) is 2.94. The molecule has 1 aliphatic heterocycles. The van der Waals surface area contributed by atoms with Crippen LogP contribution in [0.4, 0.5) is 5.69 Å². The monoisotopic (exact) mass is 257 g/mol. The van der Waals surface area contributed by atoms with Gasteiger partial charge in [0.1, 0.15) is 11.8 Å². The number of hydrogen-bond acceptors (Lipinski definition) is 4. The van der Waals surface area contributed by atoms with Gasteiger partial charge < -0.3 is 15.4 Å². The van der Waals surface area contributed by atoms with Crippen molar-refractivity contribution in [2.24, 2.45) is 0 Å². The minimum absolute atomic E-state index is 0.00779. The molecule has 1 fully saturated rings. The number of carbonyl (C=O) groups is 1. The fraction of sp³-hybridized carbons (Fsp3) is 0.286. The molecule has 0 unspecified atom stereocenters. The predicted octanol–water partition coefficient (Wildman–Crippen LogP) is 1.45. The van der Waals surface area contributed by atoms with Gasteiger partial charge in [0.15, 0.2) is 6.61 Å². The number of nitriles is 1. The van der Waals surface area contributed by atoms with Crippen LogP contribution < -0.4 is 15.4 Å². The van der Waals surface area contributed by atoms with Crippen LogP contribution >= 0.6 is 0 Å². The lowest BCUT2D eigenvalue weighted by Gasteiger charge is -2.21. The van der Waals surface area contributed by atoms with E-state index < -0.39 is 0 Å². The predicted molar refractivity (Wildman–Crippen MR) is 71.7 cm³/mol. The topological polar surface area (TPSA) is 74.1 Å². The van der Waals surface area contributed by atoms with Crippen LogP contribution in [-0.2, 0) is 4.79 Å². The molecule has 1 amide bonds. The molecule has 1 saturated heterocycles. The van der Waals surface area contributed by atoms with E-state index in [2.05, 4.69) is 10.6 Å². The van der Waals surface area contributed by atoms with Crippen LogP contribution in [0, 0.1) is 11.3 Å². The van der Waals surface area contributed by atoms with Gasteiger partial charge in [0.25, 0.3) is 5.91 Å². The molecule has 1 aliphatic rings. The number of anilines is 1. The Labute approximate surface area is 111 Å². The van der Waals surface area contributed by atoms with Gasteiger partial charge in [-0.15, -0.1) is 0 Å². The summed E-state index contributed by atoms with van der Waals surface area (Å²) in [6.45, 7) is 3.38. The van der Waals surface area contributed by atoms with Crippen molar-refractivity contribution in [3.05, 3.63) is 35.4 Å². The molecular weight excluding hydrogens is 242 g/mol. The van der Waals surface area contributed by atoms with E-state index in [1.54, 1.807) is 24.3 Å². The summed E-state index contributed by atoms with van der Waals surface area (Å²) in [5, 5.41) is 14.4. The highest BCUT2D eigenvalue weighted by molar-refractivity contribution is 6.04. The maximum Gasteiger partial charge on any atom is 0.251 e. The molecule has 0 saturated carbocycles. The highest BCUT2D eigenvalue weighted by atomic mass is 16.5. The first kappa shape index (κ1) is 13.1. The molecule has 98 valence electrons. The van der Waals surface area contributed by atoms with Gasteiger partial charge in [-0.3, -0.25) is 4.79 Å². The van der Waals surface area contributed by atoms with Crippen LogP contribution in [0.3, 0.4) is 0 Å². The van der Waals surface area contributed by atoms with Crippen molar-refractivity contribution in [3.8, 4) is 11.8 Å². The molecule has 2 N–H and O–H groups in total. The van der Waals surface area contributed by atoms with Crippen molar-refractivity contribution in [3.63, 3.8) is 0 Å². The number of benzene rings is 1. The van der Waals surface area contributed by atoms with Crippen molar-refractivity contribution >= 4 is 11.6 Å². The lowest BCUT2D eigenvalue weighted by atomic mass is 10.0. The zero-order chi connectivity index (χ0) is 13.7. The van der Waals surface area contributed by atoms with Crippen LogP contribution in [0.1, 0.15) is 6.92 Å². The van der Waals surface area contributed by atoms with Crippen molar-refractivity contribution in [2.45, 2.75) is 6.92 Å². The van der Waals surface area contributed by atoms with Gasteiger partial charge in [-0.25, -0.2) is 0 Å². The number of rotatable bonds is 4. The lowest BCUT2D eigenvalue weighted by Crippen LogP contribution is -2.36. The molecule has 0 atom stereocenters. The molecule has 1 heterocycles. The molecule has 5 heteroatoms. The van der Waals surface area contributed by atoms with E-state index in [4.69, 9.17) is 10.00 Å². The Morgan fingerprint density at radius 3 is 2.95 bits per heavy atom. The Kier molecular flexibility index (Phi) is 4.16. The lowest BCUT2D eigenvalue weighted by molar-refractivity contribution is -0.112. The highest BCUT2D eigenvalue weighted by Crippen LogP contribution is 2.18. The van der Waals surface area contributed by atoms with Crippen LogP contribution in [0.25, 0.3) is 0 Å². The minimum atomic E-state index is -0.103. The normalized spacial score (nSPS) is 13.2. The van der Waals surface area contributed by atoms with Gasteiger partial charge >= 0.3 is 0 Å². The number of amides is 1. The average molecular weight is 257 g/mol. The maximum atomic E-state index is 12.0. The molecule has 0 bridgehead atoms. The number of ether oxygens (including phenoxy) is 1. The summed E-state index contributed by atoms with van der Waals surface area (Å²) < 4.78 is 5.18.